The van der Waals surface area contributed by atoms with Crippen molar-refractivity contribution in [2.75, 3.05) is 37.6 Å². The van der Waals surface area contributed by atoms with Gasteiger partial charge in [0.1, 0.15) is 0 Å². The van der Waals surface area contributed by atoms with Crippen LogP contribution in [0, 0.1) is 12.5 Å². The fourth-order valence-electron chi connectivity index (χ4n) is 3.84. The minimum Gasteiger partial charge on any atom is -0.369 e. The molecule has 2 fully saturated rings. The Bertz CT molecular complexity index is 486. The average Bonchev–Trinajstić information content (AvgIpc) is 2.84. The first-order chi connectivity index (χ1) is 10.8. The Kier molecular flexibility index (Phi) is 5.34. The summed E-state index contributed by atoms with van der Waals surface area (Å²) in [6.45, 7) is 12.9. The molecule has 1 aliphatic heterocycles. The number of nitrogens with zero attached hydrogens (tertiary/aromatic N) is 3. The minimum absolute atomic E-state index is 0.732. The van der Waals surface area contributed by atoms with Crippen molar-refractivity contribution in [3.63, 3.8) is 0 Å². The maximum atomic E-state index is 7.03. The molecule has 0 radical (unpaired) electrons. The quantitative estimate of drug-likeness (QED) is 0.607. The van der Waals surface area contributed by atoms with Crippen LogP contribution in [0.5, 0.6) is 0 Å². The molecule has 118 valence electrons. The van der Waals surface area contributed by atoms with Gasteiger partial charge >= 0.3 is 0 Å². The molecule has 22 heavy (non-hydrogen) atoms. The summed E-state index contributed by atoms with van der Waals surface area (Å²) < 4.78 is 0. The molecule has 0 atom stereocenters. The number of benzene rings is 1. The standard InChI is InChI=1S/C19H27N3/c1-20-18-8-10-19(11-9-18)22-14-12-21(13-15-22)16-17-6-4-2-3-5-7-17/h8-11,17H,2-7,12-16H2. The number of hydrogen-bond acceptors (Lipinski definition) is 2. The Morgan fingerprint density at radius 3 is 2.14 bits per heavy atom. The van der Waals surface area contributed by atoms with Crippen molar-refractivity contribution in [2.24, 2.45) is 5.92 Å². The van der Waals surface area contributed by atoms with E-state index in [1.807, 2.05) is 12.1 Å². The van der Waals surface area contributed by atoms with Gasteiger partial charge in [-0.2, -0.15) is 0 Å². The van der Waals surface area contributed by atoms with Crippen molar-refractivity contribution in [1.29, 1.82) is 0 Å². The second-order valence-electron chi connectivity index (χ2n) is 6.77. The first-order valence-electron chi connectivity index (χ1n) is 8.80. The molecule has 3 rings (SSSR count). The maximum Gasteiger partial charge on any atom is 0.187 e. The predicted molar refractivity (Wildman–Crippen MR) is 92.5 cm³/mol. The van der Waals surface area contributed by atoms with Gasteiger partial charge in [-0.25, -0.2) is 4.85 Å². The first-order valence-corrected chi connectivity index (χ1v) is 8.80. The monoisotopic (exact) mass is 297 g/mol. The molecule has 0 N–H and O–H groups in total. The van der Waals surface area contributed by atoms with Crippen LogP contribution in [-0.2, 0) is 0 Å². The summed E-state index contributed by atoms with van der Waals surface area (Å²) in [5, 5.41) is 0. The second kappa shape index (κ2) is 7.65. The van der Waals surface area contributed by atoms with Gasteiger partial charge in [0.05, 0.1) is 6.57 Å². The van der Waals surface area contributed by atoms with E-state index in [4.69, 9.17) is 6.57 Å². The lowest BCUT2D eigenvalue weighted by Crippen LogP contribution is -2.47. The van der Waals surface area contributed by atoms with Gasteiger partial charge in [0.15, 0.2) is 5.69 Å². The maximum absolute atomic E-state index is 7.03. The van der Waals surface area contributed by atoms with E-state index >= 15 is 0 Å². The van der Waals surface area contributed by atoms with Crippen LogP contribution in [0.2, 0.25) is 0 Å². The Morgan fingerprint density at radius 2 is 1.55 bits per heavy atom. The molecule has 1 heterocycles. The number of rotatable bonds is 3. The highest BCUT2D eigenvalue weighted by atomic mass is 15.3. The van der Waals surface area contributed by atoms with Crippen molar-refractivity contribution in [3.05, 3.63) is 35.7 Å². The minimum atomic E-state index is 0.732. The fraction of sp³-hybridized carbons (Fsp3) is 0.632. The highest BCUT2D eigenvalue weighted by Crippen LogP contribution is 2.25. The van der Waals surface area contributed by atoms with Crippen LogP contribution in [0.3, 0.4) is 0 Å². The summed E-state index contributed by atoms with van der Waals surface area (Å²) in [6.07, 6.45) is 8.67. The fourth-order valence-corrected chi connectivity index (χ4v) is 3.84. The highest BCUT2D eigenvalue weighted by molar-refractivity contribution is 5.55. The Labute approximate surface area is 134 Å². The van der Waals surface area contributed by atoms with Gasteiger partial charge in [0, 0.05) is 38.4 Å². The summed E-state index contributed by atoms with van der Waals surface area (Å²) in [6, 6.07) is 8.04. The Hall–Kier alpha value is -1.53. The topological polar surface area (TPSA) is 10.8 Å². The highest BCUT2D eigenvalue weighted by Gasteiger charge is 2.21. The van der Waals surface area contributed by atoms with Crippen molar-refractivity contribution in [1.82, 2.24) is 4.90 Å². The van der Waals surface area contributed by atoms with E-state index in [1.54, 1.807) is 0 Å². The molecule has 0 aromatic heterocycles. The van der Waals surface area contributed by atoms with Crippen LogP contribution in [0.25, 0.3) is 4.85 Å². The molecule has 3 nitrogen and oxygen atoms in total. The Morgan fingerprint density at radius 1 is 0.909 bits per heavy atom. The van der Waals surface area contributed by atoms with Gasteiger partial charge in [0.2, 0.25) is 0 Å². The normalized spacial score (nSPS) is 21.3. The SMILES string of the molecule is [C-]#[N+]c1ccc(N2CCN(CC3CCCCCC3)CC2)cc1. The largest absolute Gasteiger partial charge is 0.369 e. The van der Waals surface area contributed by atoms with Crippen LogP contribution in [-0.4, -0.2) is 37.6 Å². The lowest BCUT2D eigenvalue weighted by atomic mass is 9.99. The average molecular weight is 297 g/mol. The summed E-state index contributed by atoms with van der Waals surface area (Å²) in [4.78, 5) is 8.59. The summed E-state index contributed by atoms with van der Waals surface area (Å²) in [7, 11) is 0. The summed E-state index contributed by atoms with van der Waals surface area (Å²) >= 11 is 0. The van der Waals surface area contributed by atoms with Crippen molar-refractivity contribution in [2.45, 2.75) is 38.5 Å². The van der Waals surface area contributed by atoms with Gasteiger partial charge in [-0.1, -0.05) is 37.8 Å². The Balaban J connectivity index is 1.48. The van der Waals surface area contributed by atoms with E-state index in [0.29, 0.717) is 0 Å². The third-order valence-electron chi connectivity index (χ3n) is 5.21. The van der Waals surface area contributed by atoms with E-state index in [-0.39, 0.29) is 0 Å². The van der Waals surface area contributed by atoms with Crippen molar-refractivity contribution >= 4 is 11.4 Å². The van der Waals surface area contributed by atoms with Gasteiger partial charge < -0.3 is 4.90 Å². The number of hydrogen-bond donors (Lipinski definition) is 0. The molecule has 0 unspecified atom stereocenters. The first kappa shape index (κ1) is 15.4. The zero-order chi connectivity index (χ0) is 15.2. The van der Waals surface area contributed by atoms with Crippen molar-refractivity contribution < 1.29 is 0 Å². The van der Waals surface area contributed by atoms with E-state index < -0.39 is 0 Å². The molecule has 0 spiro atoms. The third-order valence-corrected chi connectivity index (χ3v) is 5.21. The lowest BCUT2D eigenvalue weighted by molar-refractivity contribution is 0.208. The predicted octanol–water partition coefficient (Wildman–Crippen LogP) is 4.33. The second-order valence-corrected chi connectivity index (χ2v) is 6.77. The molecule has 1 aliphatic carbocycles. The van der Waals surface area contributed by atoms with Crippen LogP contribution < -0.4 is 4.90 Å². The van der Waals surface area contributed by atoms with Gasteiger partial charge in [0.25, 0.3) is 0 Å². The van der Waals surface area contributed by atoms with E-state index in [9.17, 15) is 0 Å². The van der Waals surface area contributed by atoms with Crippen LogP contribution >= 0.6 is 0 Å². The molecule has 1 saturated heterocycles. The molecule has 1 aromatic rings. The molecule has 3 heteroatoms. The van der Waals surface area contributed by atoms with E-state index in [0.717, 1.165) is 24.7 Å². The molecule has 2 aliphatic rings. The van der Waals surface area contributed by atoms with E-state index in [1.165, 1.54) is 63.8 Å². The zero-order valence-corrected chi connectivity index (χ0v) is 13.5. The van der Waals surface area contributed by atoms with Crippen LogP contribution in [0.1, 0.15) is 38.5 Å². The number of piperazine rings is 1. The third kappa shape index (κ3) is 4.01. The van der Waals surface area contributed by atoms with Crippen molar-refractivity contribution in [3.8, 4) is 0 Å². The molecule has 1 saturated carbocycles. The lowest BCUT2D eigenvalue weighted by Gasteiger charge is -2.37. The molecular formula is C19H27N3. The van der Waals surface area contributed by atoms with Crippen LogP contribution in [0.15, 0.2) is 24.3 Å². The molecule has 0 bridgehead atoms. The van der Waals surface area contributed by atoms with Gasteiger partial charge in [-0.3, -0.25) is 4.90 Å². The number of anilines is 1. The zero-order valence-electron chi connectivity index (χ0n) is 13.5. The molecule has 1 aromatic carbocycles. The van der Waals surface area contributed by atoms with Gasteiger partial charge in [-0.15, -0.1) is 0 Å². The summed E-state index contributed by atoms with van der Waals surface area (Å²) in [5.74, 6) is 0.937. The molecular weight excluding hydrogens is 270 g/mol. The van der Waals surface area contributed by atoms with Gasteiger partial charge in [-0.05, 0) is 30.9 Å². The summed E-state index contributed by atoms with van der Waals surface area (Å²) in [5.41, 5.74) is 2.00. The smallest absolute Gasteiger partial charge is 0.187 e. The van der Waals surface area contributed by atoms with E-state index in [2.05, 4.69) is 26.8 Å². The van der Waals surface area contributed by atoms with Crippen LogP contribution in [0.4, 0.5) is 11.4 Å². The molecule has 0 amide bonds.